The van der Waals surface area contributed by atoms with Crippen LogP contribution in [0.4, 0.5) is 0 Å². The maximum absolute atomic E-state index is 8.45. The first-order valence-electron chi connectivity index (χ1n) is 4.26. The molecule has 70 valence electrons. The second-order valence-electron chi connectivity index (χ2n) is 2.95. The first-order chi connectivity index (χ1) is 6.79. The fourth-order valence-electron chi connectivity index (χ4n) is 1.32. The van der Waals surface area contributed by atoms with Gasteiger partial charge in [-0.05, 0) is 25.1 Å². The monoisotopic (exact) mass is 203 g/mol. The number of nitriles is 1. The van der Waals surface area contributed by atoms with Gasteiger partial charge < -0.3 is 4.98 Å². The third kappa shape index (κ3) is 1.73. The number of imidazole rings is 1. The average Bonchev–Trinajstić information content (AvgIpc) is 2.54. The van der Waals surface area contributed by atoms with Gasteiger partial charge in [0.25, 0.3) is 0 Å². The summed E-state index contributed by atoms with van der Waals surface area (Å²) in [6.07, 6.45) is 0. The quantitative estimate of drug-likeness (QED) is 0.763. The van der Waals surface area contributed by atoms with E-state index in [-0.39, 0.29) is 0 Å². The molecule has 1 aromatic carbocycles. The zero-order valence-corrected chi connectivity index (χ0v) is 8.56. The molecule has 14 heavy (non-hydrogen) atoms. The Morgan fingerprint density at radius 2 is 2.43 bits per heavy atom. The molecule has 2 aromatic rings. The molecule has 0 radical (unpaired) electrons. The summed E-state index contributed by atoms with van der Waals surface area (Å²) in [4.78, 5) is 8.57. The summed E-state index contributed by atoms with van der Waals surface area (Å²) in [5.41, 5.74) is 2.01. The Kier molecular flexibility index (Phi) is 2.42. The predicted octanol–water partition coefficient (Wildman–Crippen LogP) is 2.49. The van der Waals surface area contributed by atoms with Crippen LogP contribution in [0.3, 0.4) is 0 Å². The van der Waals surface area contributed by atoms with Crippen LogP contribution in [0.1, 0.15) is 5.82 Å². The number of benzene rings is 1. The number of thioether (sulfide) groups is 1. The lowest BCUT2D eigenvalue weighted by Gasteiger charge is -1.95. The second-order valence-corrected chi connectivity index (χ2v) is 4.00. The number of aryl methyl sites for hydroxylation is 1. The van der Waals surface area contributed by atoms with Crippen molar-refractivity contribution in [1.82, 2.24) is 9.97 Å². The summed E-state index contributed by atoms with van der Waals surface area (Å²) in [6, 6.07) is 8.09. The topological polar surface area (TPSA) is 52.5 Å². The molecule has 0 unspecified atom stereocenters. The Morgan fingerprint density at radius 3 is 3.21 bits per heavy atom. The normalized spacial score (nSPS) is 10.3. The highest BCUT2D eigenvalue weighted by atomic mass is 32.2. The van der Waals surface area contributed by atoms with Crippen LogP contribution < -0.4 is 0 Å². The third-order valence-electron chi connectivity index (χ3n) is 1.88. The summed E-state index contributed by atoms with van der Waals surface area (Å²) in [5.74, 6) is 1.40. The van der Waals surface area contributed by atoms with Crippen molar-refractivity contribution >= 4 is 22.8 Å². The molecule has 4 heteroatoms. The third-order valence-corrected chi connectivity index (χ3v) is 2.74. The summed E-state index contributed by atoms with van der Waals surface area (Å²) < 4.78 is 0. The lowest BCUT2D eigenvalue weighted by atomic mass is 10.3. The lowest BCUT2D eigenvalue weighted by molar-refractivity contribution is 1.17. The molecule has 0 fully saturated rings. The molecule has 0 saturated carbocycles. The molecule has 3 nitrogen and oxygen atoms in total. The second kappa shape index (κ2) is 3.72. The van der Waals surface area contributed by atoms with Gasteiger partial charge in [0.05, 0.1) is 22.9 Å². The minimum Gasteiger partial charge on any atom is -0.342 e. The molecule has 0 saturated heterocycles. The standard InChI is InChI=1S/C10H9N3S/c1-7-12-9-3-2-8(14-5-4-11)6-10(9)13-7/h2-3,6H,5H2,1H3,(H,12,13). The van der Waals surface area contributed by atoms with E-state index in [1.54, 1.807) is 0 Å². The summed E-state index contributed by atoms with van der Waals surface area (Å²) >= 11 is 1.54. The molecule has 0 atom stereocenters. The molecule has 0 amide bonds. The number of hydrogen-bond donors (Lipinski definition) is 1. The maximum atomic E-state index is 8.45. The van der Waals surface area contributed by atoms with Gasteiger partial charge in [0.15, 0.2) is 0 Å². The first kappa shape index (κ1) is 9.10. The molecule has 0 bridgehead atoms. The Labute approximate surface area is 86.2 Å². The van der Waals surface area contributed by atoms with Crippen molar-refractivity contribution in [3.8, 4) is 6.07 Å². The number of aromatic amines is 1. The van der Waals surface area contributed by atoms with Crippen LogP contribution in [-0.4, -0.2) is 15.7 Å². The van der Waals surface area contributed by atoms with E-state index in [1.165, 1.54) is 11.8 Å². The molecule has 1 aromatic heterocycles. The number of nitrogens with one attached hydrogen (secondary N) is 1. The van der Waals surface area contributed by atoms with Gasteiger partial charge in [0.2, 0.25) is 0 Å². The molecular weight excluding hydrogens is 194 g/mol. The van der Waals surface area contributed by atoms with Gasteiger partial charge >= 0.3 is 0 Å². The van der Waals surface area contributed by atoms with E-state index < -0.39 is 0 Å². The highest BCUT2D eigenvalue weighted by Gasteiger charge is 2.00. The van der Waals surface area contributed by atoms with E-state index in [9.17, 15) is 0 Å². The van der Waals surface area contributed by atoms with Crippen LogP contribution in [-0.2, 0) is 0 Å². The van der Waals surface area contributed by atoms with Gasteiger partial charge in [-0.2, -0.15) is 5.26 Å². The van der Waals surface area contributed by atoms with E-state index in [0.717, 1.165) is 21.8 Å². The smallest absolute Gasteiger partial charge is 0.104 e. The minimum absolute atomic E-state index is 0.485. The van der Waals surface area contributed by atoms with Crippen molar-refractivity contribution in [2.24, 2.45) is 0 Å². The van der Waals surface area contributed by atoms with Gasteiger partial charge in [0.1, 0.15) is 5.82 Å². The zero-order valence-electron chi connectivity index (χ0n) is 7.74. The Hall–Kier alpha value is -1.47. The Bertz CT molecular complexity index is 496. The van der Waals surface area contributed by atoms with Crippen LogP contribution in [0, 0.1) is 18.3 Å². The highest BCUT2D eigenvalue weighted by molar-refractivity contribution is 7.99. The molecule has 0 aliphatic carbocycles. The highest BCUT2D eigenvalue weighted by Crippen LogP contribution is 2.21. The van der Waals surface area contributed by atoms with Crippen LogP contribution in [0.15, 0.2) is 23.1 Å². The first-order valence-corrected chi connectivity index (χ1v) is 5.24. The van der Waals surface area contributed by atoms with Crippen molar-refractivity contribution < 1.29 is 0 Å². The van der Waals surface area contributed by atoms with E-state index in [0.29, 0.717) is 5.75 Å². The summed E-state index contributed by atoms with van der Waals surface area (Å²) in [7, 11) is 0. The van der Waals surface area contributed by atoms with Crippen molar-refractivity contribution in [3.63, 3.8) is 0 Å². The number of nitrogens with zero attached hydrogens (tertiary/aromatic N) is 2. The zero-order chi connectivity index (χ0) is 9.97. The lowest BCUT2D eigenvalue weighted by Crippen LogP contribution is -1.75. The SMILES string of the molecule is Cc1nc2ccc(SCC#N)cc2[nH]1. The Morgan fingerprint density at radius 1 is 1.57 bits per heavy atom. The summed E-state index contributed by atoms with van der Waals surface area (Å²) in [5, 5.41) is 8.45. The minimum atomic E-state index is 0.485. The molecule has 0 aliphatic heterocycles. The maximum Gasteiger partial charge on any atom is 0.104 e. The molecule has 1 N–H and O–H groups in total. The van der Waals surface area contributed by atoms with Crippen LogP contribution in [0.25, 0.3) is 11.0 Å². The van der Waals surface area contributed by atoms with Crippen LogP contribution in [0.2, 0.25) is 0 Å². The molecule has 0 aliphatic rings. The van der Waals surface area contributed by atoms with Crippen molar-refractivity contribution in [2.45, 2.75) is 11.8 Å². The van der Waals surface area contributed by atoms with Gasteiger partial charge in [-0.1, -0.05) is 0 Å². The van der Waals surface area contributed by atoms with Gasteiger partial charge in [0, 0.05) is 4.90 Å². The predicted molar refractivity (Wildman–Crippen MR) is 57.2 cm³/mol. The van der Waals surface area contributed by atoms with Crippen LogP contribution in [0.5, 0.6) is 0 Å². The van der Waals surface area contributed by atoms with Gasteiger partial charge in [-0.3, -0.25) is 0 Å². The molecular formula is C10H9N3S. The van der Waals surface area contributed by atoms with Crippen molar-refractivity contribution in [2.75, 3.05) is 5.75 Å². The summed E-state index contributed by atoms with van der Waals surface area (Å²) in [6.45, 7) is 1.93. The fraction of sp³-hybridized carbons (Fsp3) is 0.200. The van der Waals surface area contributed by atoms with E-state index >= 15 is 0 Å². The average molecular weight is 203 g/mol. The van der Waals surface area contributed by atoms with Gasteiger partial charge in [-0.15, -0.1) is 11.8 Å². The van der Waals surface area contributed by atoms with E-state index in [1.807, 2.05) is 25.1 Å². The Balaban J connectivity index is 2.36. The number of fused-ring (bicyclic) bond motifs is 1. The van der Waals surface area contributed by atoms with Crippen molar-refractivity contribution in [3.05, 3.63) is 24.0 Å². The number of hydrogen-bond acceptors (Lipinski definition) is 3. The van der Waals surface area contributed by atoms with Crippen LogP contribution >= 0.6 is 11.8 Å². The number of rotatable bonds is 2. The number of aromatic nitrogens is 2. The number of H-pyrrole nitrogens is 1. The van der Waals surface area contributed by atoms with E-state index in [2.05, 4.69) is 16.0 Å². The van der Waals surface area contributed by atoms with Gasteiger partial charge in [-0.25, -0.2) is 4.98 Å². The molecule has 1 heterocycles. The largest absolute Gasteiger partial charge is 0.342 e. The fourth-order valence-corrected chi connectivity index (χ4v) is 1.92. The van der Waals surface area contributed by atoms with Crippen molar-refractivity contribution in [1.29, 1.82) is 5.26 Å². The van der Waals surface area contributed by atoms with E-state index in [4.69, 9.17) is 5.26 Å². The molecule has 0 spiro atoms. The molecule has 2 rings (SSSR count).